The minimum atomic E-state index is -4.95. The van der Waals surface area contributed by atoms with E-state index in [9.17, 15) is 13.7 Å². The maximum atomic E-state index is 10.8. The maximum absolute atomic E-state index is 10.8. The van der Waals surface area contributed by atoms with Gasteiger partial charge in [0.2, 0.25) is 0 Å². The van der Waals surface area contributed by atoms with Crippen LogP contribution in [0.3, 0.4) is 0 Å². The van der Waals surface area contributed by atoms with Crippen LogP contribution in [0.25, 0.3) is 0 Å². The number of hydrogen-bond donors (Lipinski definition) is 6. The van der Waals surface area contributed by atoms with Crippen molar-refractivity contribution in [3.63, 3.8) is 0 Å². The molecule has 0 aromatic rings. The summed E-state index contributed by atoms with van der Waals surface area (Å²) in [5, 5.41) is -2.13. The second-order valence-corrected chi connectivity index (χ2v) is 9.33. The van der Waals surface area contributed by atoms with Crippen molar-refractivity contribution < 1.29 is 43.1 Å². The lowest BCUT2D eigenvalue weighted by molar-refractivity contribution is 0.338. The van der Waals surface area contributed by atoms with Crippen LogP contribution in [-0.4, -0.2) is 40.9 Å². The lowest BCUT2D eigenvalue weighted by Gasteiger charge is -2.17. The Hall–Kier alpha value is 0.190. The van der Waals surface area contributed by atoms with Crippen LogP contribution in [0.2, 0.25) is 0 Å². The topological polar surface area (TPSA) is 173 Å². The molecule has 108 valence electrons. The maximum Gasteiger partial charge on any atom is 0.341 e. The summed E-state index contributed by atoms with van der Waals surface area (Å²) in [6.07, 6.45) is 1.21. The molecule has 0 bridgehead atoms. The van der Waals surface area contributed by atoms with Gasteiger partial charge in [-0.2, -0.15) is 0 Å². The van der Waals surface area contributed by atoms with Crippen molar-refractivity contribution in [1.29, 1.82) is 0 Å². The molecule has 0 unspecified atom stereocenters. The summed E-state index contributed by atoms with van der Waals surface area (Å²) in [5.74, 6) is 0. The van der Waals surface area contributed by atoms with E-state index in [2.05, 4.69) is 0 Å². The van der Waals surface area contributed by atoms with Crippen LogP contribution in [0.1, 0.15) is 12.8 Å². The van der Waals surface area contributed by atoms with Crippen LogP contribution in [0.4, 0.5) is 0 Å². The molecule has 0 fully saturated rings. The van der Waals surface area contributed by atoms with Crippen molar-refractivity contribution in [2.24, 2.45) is 0 Å². The Balaban J connectivity index is 4.48. The van der Waals surface area contributed by atoms with Crippen molar-refractivity contribution in [1.82, 2.24) is 0 Å². The Labute approximate surface area is 103 Å². The van der Waals surface area contributed by atoms with E-state index in [-0.39, 0.29) is 6.42 Å². The summed E-state index contributed by atoms with van der Waals surface area (Å²) >= 11 is 0. The van der Waals surface area contributed by atoms with E-state index in [4.69, 9.17) is 29.4 Å². The Kier molecular flexibility index (Phi) is 6.64. The third kappa shape index (κ3) is 8.32. The fourth-order valence-corrected chi connectivity index (χ4v) is 3.89. The molecule has 12 heteroatoms. The highest BCUT2D eigenvalue weighted by Gasteiger charge is 2.42. The van der Waals surface area contributed by atoms with Crippen molar-refractivity contribution in [3.05, 3.63) is 12.2 Å². The Bertz CT molecular complexity index is 404. The van der Waals surface area contributed by atoms with E-state index in [0.717, 1.165) is 6.08 Å². The van der Waals surface area contributed by atoms with Gasteiger partial charge in [-0.1, -0.05) is 12.2 Å². The predicted octanol–water partition coefficient (Wildman–Crippen LogP) is 0.182. The molecule has 0 aliphatic carbocycles. The molecule has 0 radical (unpaired) electrons. The molecular formula is C6H15O9P3. The third-order valence-electron chi connectivity index (χ3n) is 1.88. The molecule has 0 aromatic carbocycles. The molecule has 0 spiro atoms. The van der Waals surface area contributed by atoms with Gasteiger partial charge >= 0.3 is 22.8 Å². The van der Waals surface area contributed by atoms with Crippen LogP contribution in [0, 0.1) is 0 Å². The van der Waals surface area contributed by atoms with Crippen LogP contribution in [0.15, 0.2) is 12.2 Å². The summed E-state index contributed by atoms with van der Waals surface area (Å²) in [4.78, 5) is 52.1. The van der Waals surface area contributed by atoms with Crippen LogP contribution in [0.5, 0.6) is 0 Å². The van der Waals surface area contributed by atoms with Crippen molar-refractivity contribution >= 4 is 22.8 Å². The fourth-order valence-electron chi connectivity index (χ4n) is 1.05. The summed E-state index contributed by atoms with van der Waals surface area (Å²) in [6, 6.07) is 0. The molecule has 9 nitrogen and oxygen atoms in total. The number of allylic oxidation sites excluding steroid dienone is 2. The summed E-state index contributed by atoms with van der Waals surface area (Å²) in [5.41, 5.74) is 0. The monoisotopic (exact) mass is 324 g/mol. The van der Waals surface area contributed by atoms with E-state index in [1.807, 2.05) is 0 Å². The quantitative estimate of drug-likeness (QED) is 0.282. The zero-order valence-electron chi connectivity index (χ0n) is 9.10. The van der Waals surface area contributed by atoms with Gasteiger partial charge in [-0.05, 0) is 12.8 Å². The second kappa shape index (κ2) is 6.57. The van der Waals surface area contributed by atoms with Crippen LogP contribution < -0.4 is 0 Å². The predicted molar refractivity (Wildman–Crippen MR) is 63.2 cm³/mol. The van der Waals surface area contributed by atoms with Gasteiger partial charge in [-0.15, -0.1) is 0 Å². The largest absolute Gasteiger partial charge is 0.341 e. The minimum absolute atomic E-state index is 0.0562. The van der Waals surface area contributed by atoms with Gasteiger partial charge in [0.1, 0.15) is 0 Å². The molecule has 0 rings (SSSR count). The Morgan fingerprint density at radius 1 is 0.833 bits per heavy atom. The molecule has 18 heavy (non-hydrogen) atoms. The van der Waals surface area contributed by atoms with Crippen molar-refractivity contribution in [3.8, 4) is 0 Å². The zero-order valence-corrected chi connectivity index (χ0v) is 11.8. The van der Waals surface area contributed by atoms with Gasteiger partial charge in [-0.25, -0.2) is 0 Å². The molecule has 0 heterocycles. The number of rotatable bonds is 7. The molecule has 0 atom stereocenters. The summed E-state index contributed by atoms with van der Waals surface area (Å²) < 4.78 is 32.1. The van der Waals surface area contributed by atoms with Crippen LogP contribution >= 0.6 is 22.8 Å². The van der Waals surface area contributed by atoms with Gasteiger partial charge in [0.05, 0.1) is 6.16 Å². The van der Waals surface area contributed by atoms with E-state index in [1.165, 1.54) is 6.08 Å². The first-order valence-electron chi connectivity index (χ1n) is 4.64. The fraction of sp³-hybridized carbons (Fsp3) is 0.667. The normalized spacial score (nSPS) is 14.6. The standard InChI is InChI=1S/C6H15O9P3/c7-16(8,9)5-3-1-2-4-6(17(10,11)12)18(13,14)15/h1-2,6H,3-5H2,(H2,7,8,9)(H2,10,11,12)(H2,13,14,15). The third-order valence-corrected chi connectivity index (χ3v) is 6.50. The van der Waals surface area contributed by atoms with Gasteiger partial charge in [0, 0.05) is 0 Å². The van der Waals surface area contributed by atoms with Crippen molar-refractivity contribution in [2.45, 2.75) is 18.2 Å². The molecule has 0 aromatic heterocycles. The summed E-state index contributed by atoms with van der Waals surface area (Å²) in [6.45, 7) is 0. The summed E-state index contributed by atoms with van der Waals surface area (Å²) in [7, 11) is -14.0. The average molecular weight is 324 g/mol. The molecule has 0 aliphatic rings. The molecule has 6 N–H and O–H groups in total. The lowest BCUT2D eigenvalue weighted by Crippen LogP contribution is -2.07. The Morgan fingerprint density at radius 2 is 1.28 bits per heavy atom. The van der Waals surface area contributed by atoms with E-state index < -0.39 is 40.8 Å². The van der Waals surface area contributed by atoms with Gasteiger partial charge in [0.15, 0.2) is 5.40 Å². The highest BCUT2D eigenvalue weighted by molar-refractivity contribution is 7.70. The van der Waals surface area contributed by atoms with Crippen molar-refractivity contribution in [2.75, 3.05) is 6.16 Å². The van der Waals surface area contributed by atoms with Gasteiger partial charge < -0.3 is 29.4 Å². The molecule has 0 aliphatic heterocycles. The first-order valence-corrected chi connectivity index (χ1v) is 9.80. The second-order valence-electron chi connectivity index (χ2n) is 3.54. The number of hydrogen-bond acceptors (Lipinski definition) is 3. The Morgan fingerprint density at radius 3 is 1.61 bits per heavy atom. The highest BCUT2D eigenvalue weighted by atomic mass is 31.2. The molecular weight excluding hydrogens is 309 g/mol. The smallest absolute Gasteiger partial charge is 0.324 e. The van der Waals surface area contributed by atoms with E-state index in [1.54, 1.807) is 0 Å². The zero-order chi connectivity index (χ0) is 14.6. The van der Waals surface area contributed by atoms with Gasteiger partial charge in [-0.3, -0.25) is 13.7 Å². The highest BCUT2D eigenvalue weighted by Crippen LogP contribution is 2.61. The SMILES string of the molecule is O=P(O)(O)CCC=CCC(P(=O)(O)O)P(=O)(O)O. The molecule has 0 saturated carbocycles. The molecule has 0 amide bonds. The first kappa shape index (κ1) is 18.2. The van der Waals surface area contributed by atoms with Gasteiger partial charge in [0.25, 0.3) is 0 Å². The van der Waals surface area contributed by atoms with E-state index in [0.29, 0.717) is 0 Å². The average Bonchev–Trinajstić information content (AvgIpc) is 2.04. The first-order chi connectivity index (χ1) is 7.84. The van der Waals surface area contributed by atoms with E-state index >= 15 is 0 Å². The molecule has 0 saturated heterocycles. The van der Waals surface area contributed by atoms with Crippen LogP contribution in [-0.2, 0) is 13.7 Å². The minimum Gasteiger partial charge on any atom is -0.324 e. The lowest BCUT2D eigenvalue weighted by atomic mass is 10.3.